The van der Waals surface area contributed by atoms with Crippen LogP contribution in [-0.2, 0) is 16.0 Å². The Morgan fingerprint density at radius 3 is 2.59 bits per heavy atom. The molecule has 4 rings (SSSR count). The molecule has 0 spiro atoms. The number of fused-ring (bicyclic) bond motifs is 5. The third kappa shape index (κ3) is 5.75. The zero-order valence-corrected chi connectivity index (χ0v) is 19.3. The van der Waals surface area contributed by atoms with Crippen molar-refractivity contribution in [3.63, 3.8) is 0 Å². The molecule has 1 saturated carbocycles. The lowest BCUT2D eigenvalue weighted by Gasteiger charge is -2.35. The van der Waals surface area contributed by atoms with E-state index in [-0.39, 0.29) is 42.0 Å². The standard InChI is InChI=1S/C26H32N4O4/c27-21-14-20(15-21)26(34)30-11-2-1-9-29-25(33)19-5-3-4-18(13-19)22-12-17(6-7-23(22)31)8-10-28-24(32)16-30/h3-7,12-13,20-21,31H,1-2,8-11,14-16,27H2,(H,28,32)(H,29,33). The first-order valence-corrected chi connectivity index (χ1v) is 11.9. The smallest absolute Gasteiger partial charge is 0.251 e. The van der Waals surface area contributed by atoms with Crippen LogP contribution in [0.25, 0.3) is 11.1 Å². The summed E-state index contributed by atoms with van der Waals surface area (Å²) in [6.07, 6.45) is 3.26. The summed E-state index contributed by atoms with van der Waals surface area (Å²) in [7, 11) is 0. The van der Waals surface area contributed by atoms with E-state index in [2.05, 4.69) is 10.6 Å². The number of rotatable bonds is 1. The van der Waals surface area contributed by atoms with Gasteiger partial charge < -0.3 is 26.4 Å². The summed E-state index contributed by atoms with van der Waals surface area (Å²) in [5.41, 5.74) is 8.70. The lowest BCUT2D eigenvalue weighted by atomic mass is 9.80. The Kier molecular flexibility index (Phi) is 7.47. The summed E-state index contributed by atoms with van der Waals surface area (Å²) >= 11 is 0. The van der Waals surface area contributed by atoms with Crippen molar-refractivity contribution in [2.75, 3.05) is 26.2 Å². The van der Waals surface area contributed by atoms with E-state index in [0.29, 0.717) is 62.9 Å². The molecule has 1 heterocycles. The molecular formula is C26H32N4O4. The molecule has 5 N–H and O–H groups in total. The van der Waals surface area contributed by atoms with Crippen LogP contribution in [0.5, 0.6) is 5.75 Å². The van der Waals surface area contributed by atoms with Gasteiger partial charge in [0.2, 0.25) is 11.8 Å². The zero-order chi connectivity index (χ0) is 24.1. The van der Waals surface area contributed by atoms with E-state index >= 15 is 0 Å². The second kappa shape index (κ2) is 10.7. The van der Waals surface area contributed by atoms with Gasteiger partial charge in [0, 0.05) is 42.7 Å². The Bertz CT molecular complexity index is 1060. The Morgan fingerprint density at radius 1 is 1.00 bits per heavy atom. The highest BCUT2D eigenvalue weighted by Gasteiger charge is 2.35. The van der Waals surface area contributed by atoms with Crippen LogP contribution in [-0.4, -0.2) is 59.9 Å². The molecule has 0 atom stereocenters. The lowest BCUT2D eigenvalue weighted by Crippen LogP contribution is -2.49. The number of carbonyl (C=O) groups excluding carboxylic acids is 3. The molecule has 8 nitrogen and oxygen atoms in total. The average Bonchev–Trinajstić information content (AvgIpc) is 2.81. The van der Waals surface area contributed by atoms with Gasteiger partial charge in [0.1, 0.15) is 5.75 Å². The number of nitrogens with zero attached hydrogens (tertiary/aromatic N) is 1. The predicted molar refractivity (Wildman–Crippen MR) is 129 cm³/mol. The quantitative estimate of drug-likeness (QED) is 0.512. The zero-order valence-electron chi connectivity index (χ0n) is 19.3. The van der Waals surface area contributed by atoms with Crippen LogP contribution in [0.1, 0.15) is 41.6 Å². The second-order valence-corrected chi connectivity index (χ2v) is 9.18. The van der Waals surface area contributed by atoms with Crippen molar-refractivity contribution in [2.45, 2.75) is 38.1 Å². The van der Waals surface area contributed by atoms with Crippen molar-refractivity contribution in [1.29, 1.82) is 0 Å². The van der Waals surface area contributed by atoms with Crippen molar-refractivity contribution in [3.8, 4) is 16.9 Å². The van der Waals surface area contributed by atoms with E-state index in [0.717, 1.165) is 11.1 Å². The SMILES string of the molecule is NC1CC(C(=O)N2CCCCNC(=O)c3cccc(c3)-c3cc(ccc3O)CCNC(=O)C2)C1. The van der Waals surface area contributed by atoms with E-state index in [1.807, 2.05) is 18.2 Å². The number of benzene rings is 2. The van der Waals surface area contributed by atoms with Crippen LogP contribution >= 0.6 is 0 Å². The normalized spacial score (nSPS) is 22.0. The molecule has 4 bridgehead atoms. The summed E-state index contributed by atoms with van der Waals surface area (Å²) in [5.74, 6) is -0.379. The third-order valence-corrected chi connectivity index (χ3v) is 6.54. The highest BCUT2D eigenvalue weighted by molar-refractivity contribution is 5.95. The fourth-order valence-electron chi connectivity index (χ4n) is 4.49. The number of carbonyl (C=O) groups is 3. The fraction of sp³-hybridized carbons (Fsp3) is 0.423. The summed E-state index contributed by atoms with van der Waals surface area (Å²) < 4.78 is 0. The van der Waals surface area contributed by atoms with E-state index in [4.69, 9.17) is 5.73 Å². The highest BCUT2D eigenvalue weighted by Crippen LogP contribution is 2.31. The van der Waals surface area contributed by atoms with E-state index < -0.39 is 0 Å². The van der Waals surface area contributed by atoms with Crippen LogP contribution in [0.15, 0.2) is 42.5 Å². The van der Waals surface area contributed by atoms with Crippen molar-refractivity contribution in [2.24, 2.45) is 11.7 Å². The van der Waals surface area contributed by atoms with E-state index in [1.165, 1.54) is 0 Å². The van der Waals surface area contributed by atoms with Crippen molar-refractivity contribution >= 4 is 17.7 Å². The van der Waals surface area contributed by atoms with Crippen LogP contribution in [0, 0.1) is 5.92 Å². The first-order chi connectivity index (χ1) is 16.4. The molecular weight excluding hydrogens is 432 g/mol. The van der Waals surface area contributed by atoms with Gasteiger partial charge in [-0.05, 0) is 67.5 Å². The third-order valence-electron chi connectivity index (χ3n) is 6.54. The molecule has 8 heteroatoms. The van der Waals surface area contributed by atoms with Gasteiger partial charge in [0.15, 0.2) is 0 Å². The Hall–Kier alpha value is -3.39. The molecule has 34 heavy (non-hydrogen) atoms. The Balaban J connectivity index is 1.52. The van der Waals surface area contributed by atoms with E-state index in [9.17, 15) is 19.5 Å². The molecule has 2 aliphatic rings. The number of hydrogen-bond donors (Lipinski definition) is 4. The number of nitrogens with two attached hydrogens (primary N) is 1. The van der Waals surface area contributed by atoms with Crippen LogP contribution in [0.4, 0.5) is 0 Å². The van der Waals surface area contributed by atoms with Crippen LogP contribution < -0.4 is 16.4 Å². The number of amides is 3. The summed E-state index contributed by atoms with van der Waals surface area (Å²) in [6, 6.07) is 12.5. The molecule has 0 radical (unpaired) electrons. The van der Waals surface area contributed by atoms with Gasteiger partial charge in [-0.1, -0.05) is 18.2 Å². The highest BCUT2D eigenvalue weighted by atomic mass is 16.3. The summed E-state index contributed by atoms with van der Waals surface area (Å²) in [6.45, 7) is 1.36. The number of phenolic OH excluding ortho intramolecular Hbond substituents is 1. The number of hydrogen-bond acceptors (Lipinski definition) is 5. The minimum atomic E-state index is -0.196. The maximum atomic E-state index is 12.9. The molecule has 1 aliphatic heterocycles. The van der Waals surface area contributed by atoms with Gasteiger partial charge in [0.05, 0.1) is 6.54 Å². The van der Waals surface area contributed by atoms with Crippen molar-refractivity contribution in [1.82, 2.24) is 15.5 Å². The molecule has 3 amide bonds. The number of phenols is 1. The predicted octanol–water partition coefficient (Wildman–Crippen LogP) is 1.81. The molecule has 180 valence electrons. The molecule has 0 aromatic heterocycles. The average molecular weight is 465 g/mol. The maximum absolute atomic E-state index is 12.9. The van der Waals surface area contributed by atoms with Gasteiger partial charge >= 0.3 is 0 Å². The topological polar surface area (TPSA) is 125 Å². The van der Waals surface area contributed by atoms with Crippen LogP contribution in [0.3, 0.4) is 0 Å². The summed E-state index contributed by atoms with van der Waals surface area (Å²) in [4.78, 5) is 39.8. The van der Waals surface area contributed by atoms with Crippen molar-refractivity contribution < 1.29 is 19.5 Å². The largest absolute Gasteiger partial charge is 0.507 e. The fourth-order valence-corrected chi connectivity index (χ4v) is 4.49. The summed E-state index contributed by atoms with van der Waals surface area (Å²) in [5, 5.41) is 16.2. The number of aromatic hydroxyl groups is 1. The lowest BCUT2D eigenvalue weighted by molar-refractivity contribution is -0.142. The number of nitrogens with one attached hydrogen (secondary N) is 2. The first kappa shape index (κ1) is 23.8. The molecule has 1 aliphatic carbocycles. The van der Waals surface area contributed by atoms with Gasteiger partial charge in [-0.25, -0.2) is 0 Å². The van der Waals surface area contributed by atoms with Gasteiger partial charge in [0.25, 0.3) is 5.91 Å². The molecule has 2 aromatic carbocycles. The van der Waals surface area contributed by atoms with Gasteiger partial charge in [-0.2, -0.15) is 0 Å². The van der Waals surface area contributed by atoms with Gasteiger partial charge in [-0.3, -0.25) is 14.4 Å². The van der Waals surface area contributed by atoms with E-state index in [1.54, 1.807) is 29.2 Å². The molecule has 1 fully saturated rings. The Morgan fingerprint density at radius 2 is 1.79 bits per heavy atom. The minimum Gasteiger partial charge on any atom is -0.507 e. The molecule has 0 unspecified atom stereocenters. The van der Waals surface area contributed by atoms with Crippen molar-refractivity contribution in [3.05, 3.63) is 53.6 Å². The molecule has 2 aromatic rings. The van der Waals surface area contributed by atoms with Gasteiger partial charge in [-0.15, -0.1) is 0 Å². The first-order valence-electron chi connectivity index (χ1n) is 11.9. The monoisotopic (exact) mass is 464 g/mol. The maximum Gasteiger partial charge on any atom is 0.251 e. The second-order valence-electron chi connectivity index (χ2n) is 9.18. The Labute approximate surface area is 199 Å². The molecule has 0 saturated heterocycles. The van der Waals surface area contributed by atoms with Crippen LogP contribution in [0.2, 0.25) is 0 Å². The minimum absolute atomic E-state index is 0.0162.